The molecule has 0 aliphatic carbocycles. The van der Waals surface area contributed by atoms with Gasteiger partial charge in [0.25, 0.3) is 11.7 Å². The lowest BCUT2D eigenvalue weighted by molar-refractivity contribution is 0.0932. The fourth-order valence-corrected chi connectivity index (χ4v) is 3.20. The summed E-state index contributed by atoms with van der Waals surface area (Å²) in [6.45, 7) is 6.70. The zero-order valence-corrected chi connectivity index (χ0v) is 16.0. The first-order valence-electron chi connectivity index (χ1n) is 9.18. The molecule has 142 valence electrons. The van der Waals surface area contributed by atoms with Crippen LogP contribution in [0.2, 0.25) is 0 Å². The Labute approximate surface area is 162 Å². The van der Waals surface area contributed by atoms with Crippen molar-refractivity contribution in [2.45, 2.75) is 33.4 Å². The molecule has 0 radical (unpaired) electrons. The lowest BCUT2D eigenvalue weighted by Gasteiger charge is -2.14. The highest BCUT2D eigenvalue weighted by molar-refractivity contribution is 5.94. The molecular weight excluding hydrogens is 354 g/mol. The summed E-state index contributed by atoms with van der Waals surface area (Å²) in [5.41, 5.74) is 3.86. The first-order chi connectivity index (χ1) is 13.6. The third kappa shape index (κ3) is 3.24. The van der Waals surface area contributed by atoms with Gasteiger partial charge < -0.3 is 5.32 Å². The standard InChI is InChI=1S/C20H21N7O/c1-4-26-11-16(14(3)25-26)13(2)23-19(28)18-10-17(15-8-6-5-7-9-15)24-20-21-12-22-27(18)20/h5-13H,4H2,1-3H3,(H,23,28)/t13-/m1/s1. The van der Waals surface area contributed by atoms with Crippen molar-refractivity contribution in [2.75, 3.05) is 0 Å². The van der Waals surface area contributed by atoms with Crippen molar-refractivity contribution in [3.63, 3.8) is 0 Å². The minimum Gasteiger partial charge on any atom is -0.344 e. The Morgan fingerprint density at radius 2 is 2.04 bits per heavy atom. The summed E-state index contributed by atoms with van der Waals surface area (Å²) in [4.78, 5) is 21.7. The third-order valence-corrected chi connectivity index (χ3v) is 4.68. The lowest BCUT2D eigenvalue weighted by atomic mass is 10.1. The van der Waals surface area contributed by atoms with E-state index in [1.165, 1.54) is 10.8 Å². The van der Waals surface area contributed by atoms with E-state index in [4.69, 9.17) is 0 Å². The Hall–Kier alpha value is -3.55. The van der Waals surface area contributed by atoms with Gasteiger partial charge in [-0.1, -0.05) is 30.3 Å². The highest BCUT2D eigenvalue weighted by Crippen LogP contribution is 2.20. The maximum atomic E-state index is 13.1. The average Bonchev–Trinajstić information content (AvgIpc) is 3.33. The summed E-state index contributed by atoms with van der Waals surface area (Å²) in [6, 6.07) is 11.2. The van der Waals surface area contributed by atoms with Crippen LogP contribution in [0.4, 0.5) is 0 Å². The second kappa shape index (κ2) is 7.22. The first kappa shape index (κ1) is 17.8. The summed E-state index contributed by atoms with van der Waals surface area (Å²) in [5.74, 6) is 0.139. The minimum absolute atomic E-state index is 0.195. The number of nitrogens with one attached hydrogen (secondary N) is 1. The molecule has 1 atom stereocenters. The fourth-order valence-electron chi connectivity index (χ4n) is 3.20. The highest BCUT2D eigenvalue weighted by Gasteiger charge is 2.20. The SMILES string of the molecule is CCn1cc([C@@H](C)NC(=O)c2cc(-c3ccccc3)nc3ncnn23)c(C)n1. The van der Waals surface area contributed by atoms with Crippen LogP contribution in [0.1, 0.15) is 41.6 Å². The molecule has 0 saturated carbocycles. The Bertz CT molecular complexity index is 1130. The Kier molecular flexibility index (Phi) is 4.60. The van der Waals surface area contributed by atoms with Crippen molar-refractivity contribution in [1.82, 2.24) is 34.7 Å². The molecule has 0 fully saturated rings. The number of rotatable bonds is 5. The van der Waals surface area contributed by atoms with Gasteiger partial charge in [0, 0.05) is 23.9 Å². The second-order valence-electron chi connectivity index (χ2n) is 6.59. The van der Waals surface area contributed by atoms with Gasteiger partial charge >= 0.3 is 0 Å². The highest BCUT2D eigenvalue weighted by atomic mass is 16.2. The molecule has 3 heterocycles. The van der Waals surface area contributed by atoms with Crippen molar-refractivity contribution < 1.29 is 4.79 Å². The van der Waals surface area contributed by atoms with E-state index in [2.05, 4.69) is 25.5 Å². The van der Waals surface area contributed by atoms with Gasteiger partial charge in [-0.3, -0.25) is 9.48 Å². The molecule has 1 aromatic carbocycles. The van der Waals surface area contributed by atoms with Crippen molar-refractivity contribution in [1.29, 1.82) is 0 Å². The van der Waals surface area contributed by atoms with Crippen LogP contribution in [0.15, 0.2) is 48.9 Å². The molecule has 0 bridgehead atoms. The fraction of sp³-hybridized carbons (Fsp3) is 0.250. The first-order valence-corrected chi connectivity index (χ1v) is 9.18. The predicted octanol–water partition coefficient (Wildman–Crippen LogP) is 2.81. The van der Waals surface area contributed by atoms with Gasteiger partial charge in [0.1, 0.15) is 12.0 Å². The van der Waals surface area contributed by atoms with Gasteiger partial charge in [0.2, 0.25) is 0 Å². The van der Waals surface area contributed by atoms with Crippen LogP contribution in [0.25, 0.3) is 17.0 Å². The van der Waals surface area contributed by atoms with E-state index in [1.54, 1.807) is 6.07 Å². The largest absolute Gasteiger partial charge is 0.344 e. The molecule has 1 amide bonds. The number of carbonyl (C=O) groups is 1. The van der Waals surface area contributed by atoms with E-state index >= 15 is 0 Å². The number of aryl methyl sites for hydroxylation is 2. The third-order valence-electron chi connectivity index (χ3n) is 4.68. The van der Waals surface area contributed by atoms with E-state index < -0.39 is 0 Å². The number of hydrogen-bond donors (Lipinski definition) is 1. The number of aromatic nitrogens is 6. The topological polar surface area (TPSA) is 90.0 Å². The van der Waals surface area contributed by atoms with Crippen molar-refractivity contribution in [3.8, 4) is 11.3 Å². The van der Waals surface area contributed by atoms with Gasteiger partial charge in [-0.05, 0) is 26.8 Å². The zero-order valence-electron chi connectivity index (χ0n) is 16.0. The summed E-state index contributed by atoms with van der Waals surface area (Å²) >= 11 is 0. The van der Waals surface area contributed by atoms with Crippen molar-refractivity contribution >= 4 is 11.7 Å². The van der Waals surface area contributed by atoms with Crippen LogP contribution in [0.3, 0.4) is 0 Å². The number of fused-ring (bicyclic) bond motifs is 1. The summed E-state index contributed by atoms with van der Waals surface area (Å²) in [7, 11) is 0. The molecular formula is C20H21N7O. The second-order valence-corrected chi connectivity index (χ2v) is 6.59. The minimum atomic E-state index is -0.244. The molecule has 0 saturated heterocycles. The van der Waals surface area contributed by atoms with Crippen LogP contribution in [-0.2, 0) is 6.54 Å². The van der Waals surface area contributed by atoms with Crippen LogP contribution < -0.4 is 5.32 Å². The predicted molar refractivity (Wildman–Crippen MR) is 105 cm³/mol. The lowest BCUT2D eigenvalue weighted by Crippen LogP contribution is -2.29. The maximum absolute atomic E-state index is 13.1. The molecule has 1 N–H and O–H groups in total. The number of amides is 1. The molecule has 8 nitrogen and oxygen atoms in total. The molecule has 4 aromatic rings. The molecule has 4 rings (SSSR count). The molecule has 0 spiro atoms. The van der Waals surface area contributed by atoms with Gasteiger partial charge in [-0.15, -0.1) is 0 Å². The van der Waals surface area contributed by atoms with E-state index in [9.17, 15) is 4.79 Å². The summed E-state index contributed by atoms with van der Waals surface area (Å²) in [6.07, 6.45) is 3.36. The van der Waals surface area contributed by atoms with Gasteiger partial charge in [0.05, 0.1) is 17.4 Å². The Morgan fingerprint density at radius 3 is 2.75 bits per heavy atom. The quantitative estimate of drug-likeness (QED) is 0.579. The van der Waals surface area contributed by atoms with Crippen molar-refractivity contribution in [3.05, 3.63) is 65.9 Å². The number of hydrogen-bond acceptors (Lipinski definition) is 5. The summed E-state index contributed by atoms with van der Waals surface area (Å²) < 4.78 is 3.32. The van der Waals surface area contributed by atoms with Gasteiger partial charge in [-0.2, -0.15) is 19.7 Å². The smallest absolute Gasteiger partial charge is 0.270 e. The van der Waals surface area contributed by atoms with Crippen LogP contribution in [0, 0.1) is 6.92 Å². The zero-order chi connectivity index (χ0) is 19.7. The van der Waals surface area contributed by atoms with E-state index in [0.29, 0.717) is 17.2 Å². The summed E-state index contributed by atoms with van der Waals surface area (Å²) in [5, 5.41) is 11.7. The Morgan fingerprint density at radius 1 is 1.25 bits per heavy atom. The van der Waals surface area contributed by atoms with E-state index in [1.807, 2.05) is 62.0 Å². The van der Waals surface area contributed by atoms with Crippen LogP contribution >= 0.6 is 0 Å². The van der Waals surface area contributed by atoms with Gasteiger partial charge in [-0.25, -0.2) is 4.98 Å². The van der Waals surface area contributed by atoms with Crippen LogP contribution in [-0.4, -0.2) is 35.3 Å². The molecule has 3 aromatic heterocycles. The monoisotopic (exact) mass is 375 g/mol. The molecule has 28 heavy (non-hydrogen) atoms. The van der Waals surface area contributed by atoms with E-state index in [-0.39, 0.29) is 11.9 Å². The number of benzene rings is 1. The number of nitrogens with zero attached hydrogens (tertiary/aromatic N) is 6. The van der Waals surface area contributed by atoms with Crippen LogP contribution in [0.5, 0.6) is 0 Å². The maximum Gasteiger partial charge on any atom is 0.270 e. The number of carbonyl (C=O) groups excluding carboxylic acids is 1. The average molecular weight is 375 g/mol. The molecule has 8 heteroatoms. The normalized spacial score (nSPS) is 12.2. The molecule has 0 unspecified atom stereocenters. The van der Waals surface area contributed by atoms with Crippen molar-refractivity contribution in [2.24, 2.45) is 0 Å². The Balaban J connectivity index is 1.68. The molecule has 0 aliphatic rings. The van der Waals surface area contributed by atoms with E-state index in [0.717, 1.165) is 23.4 Å². The van der Waals surface area contributed by atoms with Gasteiger partial charge in [0.15, 0.2) is 0 Å². The molecule has 0 aliphatic heterocycles.